The molecule has 1 aromatic heterocycles. The Morgan fingerprint density at radius 3 is 2.57 bits per heavy atom. The quantitative estimate of drug-likeness (QED) is 0.880. The van der Waals surface area contributed by atoms with Gasteiger partial charge in [0.2, 0.25) is 11.8 Å². The van der Waals surface area contributed by atoms with E-state index in [-0.39, 0.29) is 11.8 Å². The SMILES string of the molecule is O=C(CN1CCN(C(=O)C2CC2)CC1)Nc1ccccn1. The predicted molar refractivity (Wildman–Crippen MR) is 78.6 cm³/mol. The standard InChI is InChI=1S/C15H20N4O2/c20-14(17-13-3-1-2-6-16-13)11-18-7-9-19(10-8-18)15(21)12-4-5-12/h1-3,6,12H,4-5,7-11H2,(H,16,17,20). The second-order valence-corrected chi connectivity index (χ2v) is 5.64. The first-order valence-electron chi connectivity index (χ1n) is 7.44. The van der Waals surface area contributed by atoms with Crippen LogP contribution >= 0.6 is 0 Å². The summed E-state index contributed by atoms with van der Waals surface area (Å²) in [6.45, 7) is 3.32. The number of piperazine rings is 1. The lowest BCUT2D eigenvalue weighted by atomic mass is 10.2. The Morgan fingerprint density at radius 1 is 1.19 bits per heavy atom. The Morgan fingerprint density at radius 2 is 1.95 bits per heavy atom. The molecule has 1 N–H and O–H groups in total. The molecule has 0 aromatic carbocycles. The van der Waals surface area contributed by atoms with E-state index in [0.29, 0.717) is 18.3 Å². The fourth-order valence-corrected chi connectivity index (χ4v) is 2.54. The fourth-order valence-electron chi connectivity index (χ4n) is 2.54. The summed E-state index contributed by atoms with van der Waals surface area (Å²) in [6, 6.07) is 5.42. The topological polar surface area (TPSA) is 65.5 Å². The Labute approximate surface area is 124 Å². The van der Waals surface area contributed by atoms with E-state index in [1.165, 1.54) is 0 Å². The lowest BCUT2D eigenvalue weighted by Crippen LogP contribution is -2.50. The van der Waals surface area contributed by atoms with Crippen LogP contribution in [-0.2, 0) is 9.59 Å². The summed E-state index contributed by atoms with van der Waals surface area (Å²) in [4.78, 5) is 32.0. The zero-order valence-corrected chi connectivity index (χ0v) is 12.0. The number of rotatable bonds is 4. The van der Waals surface area contributed by atoms with Crippen LogP contribution in [0.2, 0.25) is 0 Å². The van der Waals surface area contributed by atoms with Crippen molar-refractivity contribution in [1.29, 1.82) is 0 Å². The second kappa shape index (κ2) is 6.22. The molecule has 0 radical (unpaired) electrons. The molecular formula is C15H20N4O2. The largest absolute Gasteiger partial charge is 0.340 e. The van der Waals surface area contributed by atoms with Crippen molar-refractivity contribution < 1.29 is 9.59 Å². The summed E-state index contributed by atoms with van der Waals surface area (Å²) in [6.07, 6.45) is 3.74. The van der Waals surface area contributed by atoms with Gasteiger partial charge in [0.15, 0.2) is 0 Å². The van der Waals surface area contributed by atoms with Crippen LogP contribution in [0.15, 0.2) is 24.4 Å². The molecule has 1 saturated heterocycles. The van der Waals surface area contributed by atoms with Gasteiger partial charge in [-0.2, -0.15) is 0 Å². The highest BCUT2D eigenvalue weighted by molar-refractivity contribution is 5.91. The number of aromatic nitrogens is 1. The minimum absolute atomic E-state index is 0.0596. The van der Waals surface area contributed by atoms with Crippen molar-refractivity contribution in [1.82, 2.24) is 14.8 Å². The van der Waals surface area contributed by atoms with Gasteiger partial charge < -0.3 is 10.2 Å². The number of carbonyl (C=O) groups is 2. The molecule has 21 heavy (non-hydrogen) atoms. The summed E-state index contributed by atoms with van der Waals surface area (Å²) in [5, 5.41) is 2.78. The maximum Gasteiger partial charge on any atom is 0.239 e. The minimum atomic E-state index is -0.0596. The lowest BCUT2D eigenvalue weighted by Gasteiger charge is -2.34. The van der Waals surface area contributed by atoms with Crippen molar-refractivity contribution in [3.63, 3.8) is 0 Å². The van der Waals surface area contributed by atoms with E-state index in [2.05, 4.69) is 15.2 Å². The van der Waals surface area contributed by atoms with Crippen LogP contribution in [0.4, 0.5) is 5.82 Å². The summed E-state index contributed by atoms with van der Waals surface area (Å²) in [5.41, 5.74) is 0. The molecule has 0 unspecified atom stereocenters. The number of pyridine rings is 1. The molecule has 1 aromatic rings. The molecule has 112 valence electrons. The molecule has 0 bridgehead atoms. The van der Waals surface area contributed by atoms with Gasteiger partial charge in [-0.05, 0) is 25.0 Å². The molecule has 6 nitrogen and oxygen atoms in total. The summed E-state index contributed by atoms with van der Waals surface area (Å²) in [5.74, 6) is 1.09. The van der Waals surface area contributed by atoms with Crippen LogP contribution in [0.5, 0.6) is 0 Å². The van der Waals surface area contributed by atoms with Crippen molar-refractivity contribution in [2.45, 2.75) is 12.8 Å². The summed E-state index contributed by atoms with van der Waals surface area (Å²) >= 11 is 0. The normalized spacial score (nSPS) is 19.3. The monoisotopic (exact) mass is 288 g/mol. The Bertz CT molecular complexity index is 508. The third-order valence-electron chi connectivity index (χ3n) is 3.91. The van der Waals surface area contributed by atoms with Crippen molar-refractivity contribution in [2.75, 3.05) is 38.0 Å². The average molecular weight is 288 g/mol. The smallest absolute Gasteiger partial charge is 0.239 e. The molecule has 1 aliphatic carbocycles. The number of hydrogen-bond acceptors (Lipinski definition) is 4. The Balaban J connectivity index is 1.42. The van der Waals surface area contributed by atoms with Crippen LogP contribution in [-0.4, -0.2) is 59.3 Å². The van der Waals surface area contributed by atoms with Gasteiger partial charge in [-0.15, -0.1) is 0 Å². The zero-order chi connectivity index (χ0) is 14.7. The van der Waals surface area contributed by atoms with E-state index in [0.717, 1.165) is 39.0 Å². The highest BCUT2D eigenvalue weighted by Gasteiger charge is 2.34. The summed E-state index contributed by atoms with van der Waals surface area (Å²) in [7, 11) is 0. The molecule has 6 heteroatoms. The molecule has 2 fully saturated rings. The van der Waals surface area contributed by atoms with Crippen molar-refractivity contribution in [3.05, 3.63) is 24.4 Å². The molecule has 0 spiro atoms. The highest BCUT2D eigenvalue weighted by atomic mass is 16.2. The van der Waals surface area contributed by atoms with Crippen molar-refractivity contribution in [3.8, 4) is 0 Å². The molecule has 0 atom stereocenters. The predicted octanol–water partition coefficient (Wildman–Crippen LogP) is 0.574. The number of anilines is 1. The number of amides is 2. The second-order valence-electron chi connectivity index (χ2n) is 5.64. The van der Waals surface area contributed by atoms with Gasteiger partial charge in [0.1, 0.15) is 5.82 Å². The summed E-state index contributed by atoms with van der Waals surface area (Å²) < 4.78 is 0. The number of nitrogens with one attached hydrogen (secondary N) is 1. The maximum atomic E-state index is 12.0. The van der Waals surface area contributed by atoms with Crippen LogP contribution in [0.25, 0.3) is 0 Å². The van der Waals surface area contributed by atoms with E-state index in [1.54, 1.807) is 12.3 Å². The molecular weight excluding hydrogens is 268 g/mol. The van der Waals surface area contributed by atoms with Crippen LogP contribution in [0.1, 0.15) is 12.8 Å². The van der Waals surface area contributed by atoms with Gasteiger partial charge in [0.25, 0.3) is 0 Å². The fraction of sp³-hybridized carbons (Fsp3) is 0.533. The first kappa shape index (κ1) is 14.0. The average Bonchev–Trinajstić information content (AvgIpc) is 3.33. The van der Waals surface area contributed by atoms with Crippen LogP contribution < -0.4 is 5.32 Å². The Kier molecular flexibility index (Phi) is 4.15. The van der Waals surface area contributed by atoms with E-state index in [1.807, 2.05) is 17.0 Å². The number of carbonyl (C=O) groups excluding carboxylic acids is 2. The minimum Gasteiger partial charge on any atom is -0.340 e. The number of nitrogens with zero attached hydrogens (tertiary/aromatic N) is 3. The van der Waals surface area contributed by atoms with Crippen LogP contribution in [0, 0.1) is 5.92 Å². The first-order valence-corrected chi connectivity index (χ1v) is 7.44. The maximum absolute atomic E-state index is 12.0. The van der Waals surface area contributed by atoms with Gasteiger partial charge in [-0.25, -0.2) is 4.98 Å². The van der Waals surface area contributed by atoms with Gasteiger partial charge >= 0.3 is 0 Å². The van der Waals surface area contributed by atoms with Crippen molar-refractivity contribution >= 4 is 17.6 Å². The van der Waals surface area contributed by atoms with E-state index in [9.17, 15) is 9.59 Å². The van der Waals surface area contributed by atoms with Crippen LogP contribution in [0.3, 0.4) is 0 Å². The van der Waals surface area contributed by atoms with Crippen molar-refractivity contribution in [2.24, 2.45) is 5.92 Å². The molecule has 3 rings (SSSR count). The number of hydrogen-bond donors (Lipinski definition) is 1. The van der Waals surface area contributed by atoms with E-state index in [4.69, 9.17) is 0 Å². The first-order chi connectivity index (χ1) is 10.2. The zero-order valence-electron chi connectivity index (χ0n) is 12.0. The van der Waals surface area contributed by atoms with E-state index >= 15 is 0 Å². The third-order valence-corrected chi connectivity index (χ3v) is 3.91. The molecule has 2 aliphatic rings. The molecule has 1 saturated carbocycles. The Hall–Kier alpha value is -1.95. The van der Waals surface area contributed by atoms with Gasteiger partial charge in [-0.3, -0.25) is 14.5 Å². The lowest BCUT2D eigenvalue weighted by molar-refractivity contribution is -0.134. The van der Waals surface area contributed by atoms with Gasteiger partial charge in [-0.1, -0.05) is 6.07 Å². The van der Waals surface area contributed by atoms with Gasteiger partial charge in [0, 0.05) is 38.3 Å². The molecule has 2 amide bonds. The highest BCUT2D eigenvalue weighted by Crippen LogP contribution is 2.31. The third kappa shape index (κ3) is 3.78. The van der Waals surface area contributed by atoms with Gasteiger partial charge in [0.05, 0.1) is 6.54 Å². The molecule has 1 aliphatic heterocycles. The molecule has 2 heterocycles. The van der Waals surface area contributed by atoms with E-state index < -0.39 is 0 Å².